The number of rotatable bonds is 2. The Kier molecular flexibility index (Phi) is 3.29. The zero-order chi connectivity index (χ0) is 17.2. The summed E-state index contributed by atoms with van der Waals surface area (Å²) in [5, 5.41) is 0. The van der Waals surface area contributed by atoms with Gasteiger partial charge in [-0.2, -0.15) is 0 Å². The number of hydrogen-bond acceptors (Lipinski definition) is 5. The van der Waals surface area contributed by atoms with Crippen LogP contribution in [0.1, 0.15) is 48.8 Å². The normalized spacial score (nSPS) is 32.0. The van der Waals surface area contributed by atoms with Gasteiger partial charge in [-0.25, -0.2) is 4.98 Å². The molecule has 3 aliphatic rings. The highest BCUT2D eigenvalue weighted by Crippen LogP contribution is 2.49. The highest BCUT2D eigenvalue weighted by Gasteiger charge is 2.66. The van der Waals surface area contributed by atoms with Crippen LogP contribution in [0.3, 0.4) is 0 Å². The van der Waals surface area contributed by atoms with E-state index in [9.17, 15) is 9.59 Å². The maximum atomic E-state index is 12.9. The van der Waals surface area contributed by atoms with Gasteiger partial charge in [0.05, 0.1) is 30.8 Å². The van der Waals surface area contributed by atoms with Crippen molar-refractivity contribution >= 4 is 11.8 Å². The van der Waals surface area contributed by atoms with Crippen molar-refractivity contribution < 1.29 is 18.7 Å². The first-order chi connectivity index (χ1) is 11.3. The van der Waals surface area contributed by atoms with Gasteiger partial charge in [-0.1, -0.05) is 13.8 Å². The van der Waals surface area contributed by atoms with Crippen LogP contribution in [0.25, 0.3) is 0 Å². The van der Waals surface area contributed by atoms with E-state index in [0.717, 1.165) is 0 Å². The van der Waals surface area contributed by atoms with E-state index >= 15 is 0 Å². The summed E-state index contributed by atoms with van der Waals surface area (Å²) in [5.41, 5.74) is -0.0583. The van der Waals surface area contributed by atoms with E-state index < -0.39 is 5.72 Å². The van der Waals surface area contributed by atoms with E-state index in [4.69, 9.17) is 9.15 Å². The van der Waals surface area contributed by atoms with E-state index in [2.05, 4.69) is 18.8 Å². The van der Waals surface area contributed by atoms with E-state index in [-0.39, 0.29) is 29.7 Å². The molecule has 1 spiro atoms. The average Bonchev–Trinajstić information content (AvgIpc) is 3.20. The Morgan fingerprint density at radius 2 is 2.12 bits per heavy atom. The molecule has 3 atom stereocenters. The summed E-state index contributed by atoms with van der Waals surface area (Å²) in [6.07, 6.45) is 0.978. The van der Waals surface area contributed by atoms with Crippen molar-refractivity contribution in [2.45, 2.75) is 58.3 Å². The van der Waals surface area contributed by atoms with Crippen LogP contribution in [0.4, 0.5) is 0 Å². The molecule has 0 radical (unpaired) electrons. The number of carbonyl (C=O) groups excluding carboxylic acids is 2. The molecule has 4 heterocycles. The number of nitrogens with zero attached hydrogens (tertiary/aromatic N) is 3. The molecule has 24 heavy (non-hydrogen) atoms. The van der Waals surface area contributed by atoms with Gasteiger partial charge >= 0.3 is 0 Å². The first-order valence-electron chi connectivity index (χ1n) is 8.56. The highest BCUT2D eigenvalue weighted by atomic mass is 16.5. The zero-order valence-corrected chi connectivity index (χ0v) is 14.5. The molecular formula is C17H23N3O4. The van der Waals surface area contributed by atoms with Gasteiger partial charge in [0.2, 0.25) is 11.7 Å². The predicted octanol–water partition coefficient (Wildman–Crippen LogP) is 1.49. The van der Waals surface area contributed by atoms with Crippen molar-refractivity contribution in [3.63, 3.8) is 0 Å². The predicted molar refractivity (Wildman–Crippen MR) is 84.2 cm³/mol. The Morgan fingerprint density at radius 1 is 1.38 bits per heavy atom. The Bertz CT molecular complexity index is 713. The van der Waals surface area contributed by atoms with Crippen LogP contribution < -0.4 is 0 Å². The lowest BCUT2D eigenvalue weighted by atomic mass is 10.0. The maximum absolute atomic E-state index is 12.9. The summed E-state index contributed by atoms with van der Waals surface area (Å²) in [6.45, 7) is 8.81. The van der Waals surface area contributed by atoms with E-state index in [1.807, 2.05) is 4.90 Å². The van der Waals surface area contributed by atoms with E-state index in [1.165, 1.54) is 0 Å². The van der Waals surface area contributed by atoms with Crippen molar-refractivity contribution in [1.82, 2.24) is 14.8 Å². The first kappa shape index (κ1) is 15.6. The molecule has 130 valence electrons. The molecular weight excluding hydrogens is 310 g/mol. The Balaban J connectivity index is 1.66. The fourth-order valence-corrected chi connectivity index (χ4v) is 4.47. The minimum Gasteiger partial charge on any atom is -0.436 e. The van der Waals surface area contributed by atoms with Crippen molar-refractivity contribution in [3.05, 3.63) is 17.3 Å². The molecule has 1 aromatic rings. The number of aryl methyl sites for hydroxylation is 2. The lowest BCUT2D eigenvalue weighted by Crippen LogP contribution is -2.51. The van der Waals surface area contributed by atoms with Gasteiger partial charge < -0.3 is 19.0 Å². The summed E-state index contributed by atoms with van der Waals surface area (Å²) in [7, 11) is 0. The molecule has 2 amide bonds. The smallest absolute Gasteiger partial charge is 0.292 e. The van der Waals surface area contributed by atoms with Crippen LogP contribution in [0.15, 0.2) is 4.42 Å². The molecule has 3 saturated heterocycles. The molecule has 1 aromatic heterocycles. The topological polar surface area (TPSA) is 75.9 Å². The average molecular weight is 333 g/mol. The lowest BCUT2D eigenvalue weighted by molar-refractivity contribution is -0.139. The molecule has 0 aromatic carbocycles. The van der Waals surface area contributed by atoms with Crippen molar-refractivity contribution in [2.75, 3.05) is 13.2 Å². The van der Waals surface area contributed by atoms with Gasteiger partial charge in [-0.05, 0) is 12.8 Å². The van der Waals surface area contributed by atoms with Gasteiger partial charge in [0.15, 0.2) is 11.6 Å². The number of aromatic nitrogens is 1. The molecule has 4 rings (SSSR count). The van der Waals surface area contributed by atoms with Gasteiger partial charge in [0.1, 0.15) is 0 Å². The SMILES string of the molecule is Cc1nc(C)c(C(=O)N2CC[C@@]34OC[C@@H](C(C)C)N3C(=O)C[C@@H]24)o1. The second-order valence-corrected chi connectivity index (χ2v) is 7.35. The number of hydrogen-bond donors (Lipinski definition) is 0. The van der Waals surface area contributed by atoms with Crippen LogP contribution in [0, 0.1) is 19.8 Å². The zero-order valence-electron chi connectivity index (χ0n) is 14.5. The number of oxazole rings is 1. The van der Waals surface area contributed by atoms with Gasteiger partial charge in [-0.15, -0.1) is 0 Å². The number of amides is 2. The number of ether oxygens (including phenoxy) is 1. The minimum absolute atomic E-state index is 0.0826. The molecule has 7 heteroatoms. The summed E-state index contributed by atoms with van der Waals surface area (Å²) in [5.74, 6) is 0.969. The van der Waals surface area contributed by atoms with Gasteiger partial charge in [0.25, 0.3) is 5.91 Å². The minimum atomic E-state index is -0.648. The Labute approximate surface area is 140 Å². The monoisotopic (exact) mass is 333 g/mol. The molecule has 0 bridgehead atoms. The van der Waals surface area contributed by atoms with Gasteiger partial charge in [0, 0.05) is 19.9 Å². The second kappa shape index (κ2) is 5.05. The third-order valence-electron chi connectivity index (χ3n) is 5.62. The molecule has 3 aliphatic heterocycles. The summed E-state index contributed by atoms with van der Waals surface area (Å²) in [6, 6.07) is -0.155. The fraction of sp³-hybridized carbons (Fsp3) is 0.706. The van der Waals surface area contributed by atoms with Crippen LogP contribution in [0.2, 0.25) is 0 Å². The standard InChI is InChI=1S/C17H23N3O4/c1-9(2)12-8-23-17-5-6-19(13(17)7-14(21)20(12)17)16(22)15-10(3)18-11(4)24-15/h9,12-13H,5-8H2,1-4H3/t12-,13+,17-/m0/s1. The van der Waals surface area contributed by atoms with Crippen molar-refractivity contribution in [2.24, 2.45) is 5.92 Å². The van der Waals surface area contributed by atoms with Crippen LogP contribution >= 0.6 is 0 Å². The number of carbonyl (C=O) groups is 2. The van der Waals surface area contributed by atoms with E-state index in [1.54, 1.807) is 18.7 Å². The fourth-order valence-electron chi connectivity index (χ4n) is 4.47. The van der Waals surface area contributed by atoms with Crippen molar-refractivity contribution in [3.8, 4) is 0 Å². The largest absolute Gasteiger partial charge is 0.436 e. The maximum Gasteiger partial charge on any atom is 0.292 e. The van der Waals surface area contributed by atoms with Crippen LogP contribution in [-0.4, -0.2) is 57.6 Å². The summed E-state index contributed by atoms with van der Waals surface area (Å²) < 4.78 is 11.6. The molecule has 7 nitrogen and oxygen atoms in total. The first-order valence-corrected chi connectivity index (χ1v) is 8.56. The molecule has 0 N–H and O–H groups in total. The molecule has 3 fully saturated rings. The van der Waals surface area contributed by atoms with E-state index in [0.29, 0.717) is 43.5 Å². The van der Waals surface area contributed by atoms with Crippen LogP contribution in [0.5, 0.6) is 0 Å². The van der Waals surface area contributed by atoms with Crippen LogP contribution in [-0.2, 0) is 9.53 Å². The third-order valence-corrected chi connectivity index (χ3v) is 5.62. The highest BCUT2D eigenvalue weighted by molar-refractivity contribution is 5.94. The molecule has 0 unspecified atom stereocenters. The summed E-state index contributed by atoms with van der Waals surface area (Å²) >= 11 is 0. The third kappa shape index (κ3) is 1.90. The molecule has 0 saturated carbocycles. The summed E-state index contributed by atoms with van der Waals surface area (Å²) in [4.78, 5) is 33.4. The second-order valence-electron chi connectivity index (χ2n) is 7.35. The van der Waals surface area contributed by atoms with Crippen molar-refractivity contribution in [1.29, 1.82) is 0 Å². The Hall–Kier alpha value is -1.89. The number of likely N-dealkylation sites (tertiary alicyclic amines) is 1. The lowest BCUT2D eigenvalue weighted by Gasteiger charge is -2.34. The Morgan fingerprint density at radius 3 is 2.75 bits per heavy atom. The van der Waals surface area contributed by atoms with Gasteiger partial charge in [-0.3, -0.25) is 9.59 Å². The molecule has 0 aliphatic carbocycles. The quantitative estimate of drug-likeness (QED) is 0.819.